The number of hydrogen-bond donors (Lipinski definition) is 1. The number of alkyl carbamates (subject to hydrolysis) is 1. The maximum absolute atomic E-state index is 11.1. The quantitative estimate of drug-likeness (QED) is 0.771. The Morgan fingerprint density at radius 1 is 1.35 bits per heavy atom. The summed E-state index contributed by atoms with van der Waals surface area (Å²) in [6.45, 7) is 11.3. The van der Waals surface area contributed by atoms with Gasteiger partial charge in [-0.05, 0) is 42.1 Å². The van der Waals surface area contributed by atoms with Crippen molar-refractivity contribution in [3.8, 4) is 0 Å². The fourth-order valence-electron chi connectivity index (χ4n) is 2.35. The molecule has 130 valence electrons. The highest BCUT2D eigenvalue weighted by Gasteiger charge is 2.29. The van der Waals surface area contributed by atoms with Gasteiger partial charge in [-0.15, -0.1) is 0 Å². The summed E-state index contributed by atoms with van der Waals surface area (Å²) in [4.78, 5) is 11.1. The van der Waals surface area contributed by atoms with Crippen LogP contribution in [-0.4, -0.2) is 28.8 Å². The van der Waals surface area contributed by atoms with E-state index in [-0.39, 0.29) is 11.5 Å². The van der Waals surface area contributed by atoms with Crippen molar-refractivity contribution < 1.29 is 14.0 Å². The van der Waals surface area contributed by atoms with Crippen molar-refractivity contribution in [2.75, 3.05) is 13.7 Å². The number of carbonyl (C=O) groups excluding carboxylic acids is 1. The van der Waals surface area contributed by atoms with Crippen molar-refractivity contribution in [1.82, 2.24) is 5.32 Å². The van der Waals surface area contributed by atoms with Gasteiger partial charge < -0.3 is 14.5 Å². The van der Waals surface area contributed by atoms with Crippen LogP contribution in [0.4, 0.5) is 4.79 Å². The van der Waals surface area contributed by atoms with Gasteiger partial charge in [0, 0.05) is 11.6 Å². The molecule has 0 bridgehead atoms. The number of ether oxygens (including phenoxy) is 1. The molecule has 1 unspecified atom stereocenters. The lowest BCUT2D eigenvalue weighted by molar-refractivity contribution is 0.0866. The molecule has 0 spiro atoms. The van der Waals surface area contributed by atoms with E-state index in [2.05, 4.69) is 50.0 Å². The number of benzene rings is 1. The van der Waals surface area contributed by atoms with Crippen LogP contribution in [0.1, 0.15) is 38.0 Å². The van der Waals surface area contributed by atoms with Crippen LogP contribution >= 0.6 is 11.6 Å². The molecule has 0 aliphatic carbocycles. The average Bonchev–Trinajstić information content (AvgIpc) is 2.45. The summed E-state index contributed by atoms with van der Waals surface area (Å²) in [5, 5.41) is 3.41. The minimum absolute atomic E-state index is 0.0322. The third kappa shape index (κ3) is 6.53. The number of hydrogen-bond acceptors (Lipinski definition) is 3. The largest absolute Gasteiger partial charge is 0.453 e. The predicted molar refractivity (Wildman–Crippen MR) is 97.7 cm³/mol. The molecule has 1 aromatic rings. The normalized spacial score (nSPS) is 13.0. The van der Waals surface area contributed by atoms with E-state index in [1.807, 2.05) is 12.1 Å². The first-order chi connectivity index (χ1) is 10.6. The zero-order chi connectivity index (χ0) is 17.6. The Morgan fingerprint density at radius 2 is 2.00 bits per heavy atom. The Bertz CT molecular complexity index is 529. The van der Waals surface area contributed by atoms with Crippen molar-refractivity contribution in [2.24, 2.45) is 5.41 Å². The van der Waals surface area contributed by atoms with Crippen LogP contribution in [0.2, 0.25) is 18.1 Å². The number of methoxy groups -OCH3 is 1. The van der Waals surface area contributed by atoms with Crippen LogP contribution in [0.15, 0.2) is 18.2 Å². The number of amides is 1. The van der Waals surface area contributed by atoms with Crippen LogP contribution in [0.25, 0.3) is 0 Å². The van der Waals surface area contributed by atoms with Crippen molar-refractivity contribution in [3.05, 3.63) is 34.3 Å². The van der Waals surface area contributed by atoms with E-state index in [1.54, 1.807) is 0 Å². The summed E-state index contributed by atoms with van der Waals surface area (Å²) in [6.07, 6.45) is 0.269. The summed E-state index contributed by atoms with van der Waals surface area (Å²) in [5.74, 6) is 0. The molecule has 1 atom stereocenters. The Balaban J connectivity index is 2.96. The van der Waals surface area contributed by atoms with Crippen LogP contribution in [0, 0.1) is 5.41 Å². The number of carbonyl (C=O) groups is 1. The lowest BCUT2D eigenvalue weighted by Gasteiger charge is -2.33. The minimum Gasteiger partial charge on any atom is -0.453 e. The highest BCUT2D eigenvalue weighted by Crippen LogP contribution is 2.40. The fourth-order valence-corrected chi connectivity index (χ4v) is 3.66. The van der Waals surface area contributed by atoms with E-state index in [0.717, 1.165) is 22.6 Å². The van der Waals surface area contributed by atoms with Gasteiger partial charge in [-0.3, -0.25) is 0 Å². The summed E-state index contributed by atoms with van der Waals surface area (Å²) < 4.78 is 10.8. The summed E-state index contributed by atoms with van der Waals surface area (Å²) >= 11 is 6.43. The van der Waals surface area contributed by atoms with Gasteiger partial charge in [-0.2, -0.15) is 0 Å². The molecule has 0 saturated carbocycles. The molecule has 1 N–H and O–H groups in total. The van der Waals surface area contributed by atoms with Gasteiger partial charge in [0.1, 0.15) is 0 Å². The van der Waals surface area contributed by atoms with Crippen molar-refractivity contribution in [2.45, 2.75) is 46.4 Å². The molecule has 6 heteroatoms. The zero-order valence-corrected chi connectivity index (χ0v) is 16.8. The third-order valence-electron chi connectivity index (χ3n) is 3.41. The standard InChI is InChI=1S/C17H28ClNO3Si/c1-17(2,3)15(22-23(5)6)13-11-12(7-8-14(13)18)9-10-19-16(20)21-4/h7-8,11,15,23H,9-10H2,1-6H3,(H,19,20). The summed E-state index contributed by atoms with van der Waals surface area (Å²) in [7, 11) is 0.151. The van der Waals surface area contributed by atoms with Gasteiger partial charge in [0.25, 0.3) is 0 Å². The molecule has 0 radical (unpaired) electrons. The predicted octanol–water partition coefficient (Wildman–Crippen LogP) is 4.33. The molecule has 0 saturated heterocycles. The third-order valence-corrected chi connectivity index (χ3v) is 4.57. The van der Waals surface area contributed by atoms with Gasteiger partial charge >= 0.3 is 6.09 Å². The summed E-state index contributed by atoms with van der Waals surface area (Å²) in [5.41, 5.74) is 2.10. The molecule has 23 heavy (non-hydrogen) atoms. The summed E-state index contributed by atoms with van der Waals surface area (Å²) in [6, 6.07) is 5.99. The Morgan fingerprint density at radius 3 is 2.52 bits per heavy atom. The van der Waals surface area contributed by atoms with Gasteiger partial charge in [-0.1, -0.05) is 44.5 Å². The average molecular weight is 358 g/mol. The zero-order valence-electron chi connectivity index (χ0n) is 14.9. The Labute approximate surface area is 146 Å². The maximum atomic E-state index is 11.1. The van der Waals surface area contributed by atoms with E-state index in [9.17, 15) is 4.79 Å². The molecule has 1 aromatic carbocycles. The van der Waals surface area contributed by atoms with E-state index >= 15 is 0 Å². The monoisotopic (exact) mass is 357 g/mol. The van der Waals surface area contributed by atoms with Gasteiger partial charge in [0.05, 0.1) is 13.2 Å². The van der Waals surface area contributed by atoms with Crippen molar-refractivity contribution in [1.29, 1.82) is 0 Å². The van der Waals surface area contributed by atoms with Gasteiger partial charge in [-0.25, -0.2) is 4.79 Å². The van der Waals surface area contributed by atoms with E-state index in [1.165, 1.54) is 7.11 Å². The second-order valence-electron chi connectivity index (χ2n) is 6.96. The topological polar surface area (TPSA) is 47.6 Å². The Kier molecular flexibility index (Phi) is 7.57. The second kappa shape index (κ2) is 8.71. The first-order valence-electron chi connectivity index (χ1n) is 7.90. The fraction of sp³-hybridized carbons (Fsp3) is 0.588. The highest BCUT2D eigenvalue weighted by molar-refractivity contribution is 6.48. The van der Waals surface area contributed by atoms with Crippen molar-refractivity contribution in [3.63, 3.8) is 0 Å². The lowest BCUT2D eigenvalue weighted by atomic mass is 9.84. The van der Waals surface area contributed by atoms with E-state index in [0.29, 0.717) is 6.54 Å². The molecule has 0 fully saturated rings. The SMILES string of the molecule is COC(=O)NCCc1ccc(Cl)c(C(O[SiH](C)C)C(C)(C)C)c1. The first-order valence-corrected chi connectivity index (χ1v) is 11.1. The molecule has 4 nitrogen and oxygen atoms in total. The number of nitrogens with one attached hydrogen (secondary N) is 1. The molecule has 0 aliphatic rings. The smallest absolute Gasteiger partial charge is 0.406 e. The first kappa shape index (κ1) is 20.0. The molecule has 0 heterocycles. The van der Waals surface area contributed by atoms with Crippen LogP contribution < -0.4 is 5.32 Å². The second-order valence-corrected chi connectivity index (χ2v) is 9.73. The molecule has 0 aliphatic heterocycles. The molecular formula is C17H28ClNO3Si. The molecule has 1 rings (SSSR count). The maximum Gasteiger partial charge on any atom is 0.406 e. The van der Waals surface area contributed by atoms with Gasteiger partial charge in [0.15, 0.2) is 9.04 Å². The molecule has 1 amide bonds. The lowest BCUT2D eigenvalue weighted by Crippen LogP contribution is -2.27. The van der Waals surface area contributed by atoms with E-state index < -0.39 is 15.1 Å². The molecule has 0 aromatic heterocycles. The van der Waals surface area contributed by atoms with Crippen LogP contribution in [0.3, 0.4) is 0 Å². The Hall–Kier alpha value is -1.04. The van der Waals surface area contributed by atoms with Crippen LogP contribution in [-0.2, 0) is 15.6 Å². The van der Waals surface area contributed by atoms with Crippen LogP contribution in [0.5, 0.6) is 0 Å². The molecular weight excluding hydrogens is 330 g/mol. The number of rotatable bonds is 6. The van der Waals surface area contributed by atoms with Gasteiger partial charge in [0.2, 0.25) is 0 Å². The van der Waals surface area contributed by atoms with E-state index in [4.69, 9.17) is 16.0 Å². The van der Waals surface area contributed by atoms with Crippen molar-refractivity contribution >= 4 is 26.7 Å². The number of halogens is 1. The minimum atomic E-state index is -1.21. The highest BCUT2D eigenvalue weighted by atomic mass is 35.5.